The van der Waals surface area contributed by atoms with Crippen molar-refractivity contribution in [3.63, 3.8) is 0 Å². The van der Waals surface area contributed by atoms with Crippen LogP contribution in [-0.4, -0.2) is 9.36 Å². The molecule has 74 valence electrons. The quantitative estimate of drug-likeness (QED) is 0.873. The molecule has 2 rings (SSSR count). The van der Waals surface area contributed by atoms with Crippen molar-refractivity contribution in [1.82, 2.24) is 9.36 Å². The monoisotopic (exact) mass is 246 g/mol. The van der Waals surface area contributed by atoms with E-state index in [1.165, 1.54) is 22.9 Å². The number of nitrogens with one attached hydrogen (secondary N) is 1. The van der Waals surface area contributed by atoms with Crippen LogP contribution in [0.25, 0.3) is 0 Å². The summed E-state index contributed by atoms with van der Waals surface area (Å²) in [5, 5.41) is 5.76. The van der Waals surface area contributed by atoms with Crippen molar-refractivity contribution < 1.29 is 0 Å². The summed E-state index contributed by atoms with van der Waals surface area (Å²) in [6, 6.07) is 1.98. The number of rotatable bonds is 3. The van der Waals surface area contributed by atoms with E-state index in [4.69, 9.17) is 17.3 Å². The lowest BCUT2D eigenvalue weighted by Crippen LogP contribution is -1.98. The third kappa shape index (κ3) is 2.14. The minimum atomic E-state index is 0.300. The summed E-state index contributed by atoms with van der Waals surface area (Å²) in [5.74, 6) is 0.300. The van der Waals surface area contributed by atoms with Gasteiger partial charge in [0.2, 0.25) is 11.1 Å². The Bertz CT molecular complexity index is 425. The number of halogens is 1. The van der Waals surface area contributed by atoms with Crippen molar-refractivity contribution in [3.05, 3.63) is 21.3 Å². The van der Waals surface area contributed by atoms with Crippen LogP contribution in [0.5, 0.6) is 0 Å². The van der Waals surface area contributed by atoms with Crippen LogP contribution in [0.2, 0.25) is 4.34 Å². The van der Waals surface area contributed by atoms with E-state index < -0.39 is 0 Å². The van der Waals surface area contributed by atoms with Crippen molar-refractivity contribution in [3.8, 4) is 0 Å². The lowest BCUT2D eigenvalue weighted by atomic mass is 10.3. The number of hydrogen-bond acceptors (Lipinski definition) is 6. The van der Waals surface area contributed by atoms with E-state index >= 15 is 0 Å². The van der Waals surface area contributed by atoms with Gasteiger partial charge in [0.05, 0.1) is 4.34 Å². The molecule has 0 aliphatic rings. The summed E-state index contributed by atoms with van der Waals surface area (Å²) < 4.78 is 4.66. The maximum absolute atomic E-state index is 5.93. The number of nitrogens with zero attached hydrogens (tertiary/aromatic N) is 2. The van der Waals surface area contributed by atoms with Gasteiger partial charge < -0.3 is 11.1 Å². The van der Waals surface area contributed by atoms with Gasteiger partial charge in [-0.3, -0.25) is 0 Å². The molecule has 0 fully saturated rings. The number of nitrogen functional groups attached to an aromatic ring is 1. The molecule has 0 aliphatic heterocycles. The van der Waals surface area contributed by atoms with Crippen LogP contribution >= 0.6 is 34.5 Å². The minimum absolute atomic E-state index is 0.300. The van der Waals surface area contributed by atoms with Crippen molar-refractivity contribution in [2.45, 2.75) is 6.54 Å². The second-order valence-corrected chi connectivity index (χ2v) is 4.80. The van der Waals surface area contributed by atoms with Gasteiger partial charge in [0.15, 0.2) is 0 Å². The molecule has 0 saturated heterocycles. The molecule has 2 aromatic rings. The summed E-state index contributed by atoms with van der Waals surface area (Å²) in [4.78, 5) is 3.97. The second-order valence-electron chi connectivity index (χ2n) is 2.53. The van der Waals surface area contributed by atoms with E-state index in [1.807, 2.05) is 11.4 Å². The number of hydrogen-bond donors (Lipinski definition) is 2. The molecule has 0 aromatic carbocycles. The van der Waals surface area contributed by atoms with E-state index in [9.17, 15) is 0 Å². The van der Waals surface area contributed by atoms with Crippen molar-refractivity contribution in [2.24, 2.45) is 0 Å². The predicted molar refractivity (Wildman–Crippen MR) is 61.0 cm³/mol. The molecule has 0 bridgehead atoms. The highest BCUT2D eigenvalue weighted by atomic mass is 35.5. The Morgan fingerprint density at radius 3 is 3.00 bits per heavy atom. The van der Waals surface area contributed by atoms with Gasteiger partial charge in [0.1, 0.15) is 0 Å². The first-order valence-corrected chi connectivity index (χ1v) is 5.84. The topological polar surface area (TPSA) is 63.8 Å². The molecular formula is C7H7ClN4S2. The van der Waals surface area contributed by atoms with E-state index in [2.05, 4.69) is 14.7 Å². The lowest BCUT2D eigenvalue weighted by molar-refractivity contribution is 1.15. The van der Waals surface area contributed by atoms with E-state index in [-0.39, 0.29) is 0 Å². The summed E-state index contributed by atoms with van der Waals surface area (Å²) in [6.07, 6.45) is 0. The molecule has 14 heavy (non-hydrogen) atoms. The number of nitrogens with two attached hydrogens (primary N) is 1. The highest BCUT2D eigenvalue weighted by Gasteiger charge is 2.03. The fourth-order valence-electron chi connectivity index (χ4n) is 0.923. The number of thiophene rings is 1. The Kier molecular flexibility index (Phi) is 2.85. The Morgan fingerprint density at radius 1 is 1.57 bits per heavy atom. The molecule has 3 N–H and O–H groups in total. The highest BCUT2D eigenvalue weighted by molar-refractivity contribution is 7.14. The molecule has 4 nitrogen and oxygen atoms in total. The van der Waals surface area contributed by atoms with Crippen molar-refractivity contribution in [2.75, 3.05) is 11.1 Å². The van der Waals surface area contributed by atoms with E-state index in [0.29, 0.717) is 17.6 Å². The van der Waals surface area contributed by atoms with Gasteiger partial charge in [-0.15, -0.1) is 11.3 Å². The molecule has 2 heterocycles. The summed E-state index contributed by atoms with van der Waals surface area (Å²) >= 11 is 8.69. The van der Waals surface area contributed by atoms with Crippen LogP contribution < -0.4 is 11.1 Å². The van der Waals surface area contributed by atoms with Crippen LogP contribution in [0.4, 0.5) is 11.1 Å². The lowest BCUT2D eigenvalue weighted by Gasteiger charge is -1.99. The van der Waals surface area contributed by atoms with Gasteiger partial charge in [-0.2, -0.15) is 9.36 Å². The van der Waals surface area contributed by atoms with Gasteiger partial charge in [-0.1, -0.05) is 11.6 Å². The minimum Gasteiger partial charge on any atom is -0.367 e. The van der Waals surface area contributed by atoms with Crippen LogP contribution in [0.3, 0.4) is 0 Å². The van der Waals surface area contributed by atoms with Gasteiger partial charge in [0.25, 0.3) is 0 Å². The van der Waals surface area contributed by atoms with Crippen LogP contribution in [0, 0.1) is 0 Å². The standard InChI is InChI=1S/C7H7ClN4S2/c8-5-4(1-2-13-5)3-10-7-11-6(9)12-14-7/h1-2H,3H2,(H3,9,10,11,12). The van der Waals surface area contributed by atoms with E-state index in [1.54, 1.807) is 0 Å². The average Bonchev–Trinajstić information content (AvgIpc) is 2.72. The van der Waals surface area contributed by atoms with Crippen molar-refractivity contribution >= 4 is 45.6 Å². The zero-order valence-electron chi connectivity index (χ0n) is 7.03. The largest absolute Gasteiger partial charge is 0.367 e. The Labute approximate surface area is 93.9 Å². The Hall–Kier alpha value is -0.850. The normalized spacial score (nSPS) is 10.4. The van der Waals surface area contributed by atoms with Crippen molar-refractivity contribution in [1.29, 1.82) is 0 Å². The smallest absolute Gasteiger partial charge is 0.233 e. The van der Waals surface area contributed by atoms with Gasteiger partial charge in [-0.05, 0) is 11.4 Å². The SMILES string of the molecule is Nc1nsc(NCc2ccsc2Cl)n1. The summed E-state index contributed by atoms with van der Waals surface area (Å²) in [6.45, 7) is 0.650. The highest BCUT2D eigenvalue weighted by Crippen LogP contribution is 2.23. The first-order chi connectivity index (χ1) is 6.75. The first-order valence-electron chi connectivity index (χ1n) is 3.80. The molecule has 0 saturated carbocycles. The molecule has 0 unspecified atom stereocenters. The molecule has 0 spiro atoms. The Morgan fingerprint density at radius 2 is 2.43 bits per heavy atom. The maximum Gasteiger partial charge on any atom is 0.233 e. The summed E-state index contributed by atoms with van der Waals surface area (Å²) in [7, 11) is 0. The molecule has 0 radical (unpaired) electrons. The first kappa shape index (κ1) is 9.70. The zero-order valence-corrected chi connectivity index (χ0v) is 9.42. The zero-order chi connectivity index (χ0) is 9.97. The van der Waals surface area contributed by atoms with Crippen LogP contribution in [0.15, 0.2) is 11.4 Å². The van der Waals surface area contributed by atoms with Gasteiger partial charge in [-0.25, -0.2) is 0 Å². The fraction of sp³-hybridized carbons (Fsp3) is 0.143. The molecule has 0 amide bonds. The maximum atomic E-state index is 5.93. The second kappa shape index (κ2) is 4.12. The number of anilines is 2. The third-order valence-electron chi connectivity index (χ3n) is 1.57. The Balaban J connectivity index is 1.98. The predicted octanol–water partition coefficient (Wildman–Crippen LogP) is 2.45. The molecule has 2 aromatic heterocycles. The molecule has 0 atom stereocenters. The van der Waals surface area contributed by atoms with Crippen LogP contribution in [-0.2, 0) is 6.54 Å². The van der Waals surface area contributed by atoms with Gasteiger partial charge in [0, 0.05) is 23.6 Å². The van der Waals surface area contributed by atoms with Crippen LogP contribution in [0.1, 0.15) is 5.56 Å². The molecule has 7 heteroatoms. The third-order valence-corrected chi connectivity index (χ3v) is 3.50. The molecular weight excluding hydrogens is 240 g/mol. The van der Waals surface area contributed by atoms with Gasteiger partial charge >= 0.3 is 0 Å². The summed E-state index contributed by atoms with van der Waals surface area (Å²) in [5.41, 5.74) is 6.44. The molecule has 0 aliphatic carbocycles. The van der Waals surface area contributed by atoms with E-state index in [0.717, 1.165) is 9.90 Å². The number of aromatic nitrogens is 2. The average molecular weight is 247 g/mol. The fourth-order valence-corrected chi connectivity index (χ4v) is 2.34.